The second-order valence-electron chi connectivity index (χ2n) is 6.83. The molecule has 0 atom stereocenters. The third-order valence-electron chi connectivity index (χ3n) is 4.89. The number of amides is 1. The fraction of sp³-hybridized carbons (Fsp3) is 0.0435. The minimum absolute atomic E-state index is 0.202. The van der Waals surface area contributed by atoms with Crippen molar-refractivity contribution in [1.29, 1.82) is 0 Å². The van der Waals surface area contributed by atoms with E-state index >= 15 is 0 Å². The van der Waals surface area contributed by atoms with Gasteiger partial charge in [-0.15, -0.1) is 0 Å². The summed E-state index contributed by atoms with van der Waals surface area (Å²) in [6, 6.07) is 18.3. The average molecular weight is 402 g/mol. The number of rotatable bonds is 4. The first kappa shape index (κ1) is 18.1. The van der Waals surface area contributed by atoms with E-state index in [2.05, 4.69) is 10.4 Å². The smallest absolute Gasteiger partial charge is 0.280 e. The van der Waals surface area contributed by atoms with Crippen molar-refractivity contribution in [3.05, 3.63) is 102 Å². The number of benzene rings is 2. The number of halogens is 2. The first-order valence-corrected chi connectivity index (χ1v) is 9.35. The van der Waals surface area contributed by atoms with Crippen molar-refractivity contribution < 1.29 is 13.6 Å². The van der Waals surface area contributed by atoms with Crippen molar-refractivity contribution in [2.75, 3.05) is 10.2 Å². The summed E-state index contributed by atoms with van der Waals surface area (Å²) in [5, 5.41) is 7.17. The number of alkyl halides is 2. The summed E-state index contributed by atoms with van der Waals surface area (Å²) in [6.07, 6.45) is 3.59. The van der Waals surface area contributed by atoms with Crippen molar-refractivity contribution in [2.45, 2.75) is 6.43 Å². The summed E-state index contributed by atoms with van der Waals surface area (Å²) in [6.45, 7) is 0. The first-order valence-electron chi connectivity index (χ1n) is 9.35. The SMILES string of the molecule is O=C(c1cnn2c1NC(=C1C=C1)C=C2C(F)F)N(c1ccccc1)c1ccccc1. The number of fused-ring (bicyclic) bond motifs is 1. The molecular formula is C23H16F2N4O. The number of anilines is 3. The van der Waals surface area contributed by atoms with E-state index in [9.17, 15) is 13.6 Å². The molecule has 0 saturated carbocycles. The van der Waals surface area contributed by atoms with Crippen LogP contribution in [-0.2, 0) is 0 Å². The summed E-state index contributed by atoms with van der Waals surface area (Å²) >= 11 is 0. The van der Waals surface area contributed by atoms with Gasteiger partial charge in [0, 0.05) is 17.1 Å². The van der Waals surface area contributed by atoms with Crippen LogP contribution < -0.4 is 10.2 Å². The molecule has 1 aromatic heterocycles. The lowest BCUT2D eigenvalue weighted by atomic mass is 10.1. The van der Waals surface area contributed by atoms with E-state index in [0.29, 0.717) is 17.1 Å². The van der Waals surface area contributed by atoms with Crippen LogP contribution in [-0.4, -0.2) is 22.1 Å². The third kappa shape index (κ3) is 3.10. The molecule has 2 heterocycles. The van der Waals surface area contributed by atoms with Crippen LogP contribution in [0.4, 0.5) is 26.0 Å². The number of nitrogens with zero attached hydrogens (tertiary/aromatic N) is 3. The van der Waals surface area contributed by atoms with Crippen LogP contribution in [0.1, 0.15) is 10.4 Å². The standard InChI is InChI=1S/C23H16F2N4O/c24-21(25)20-13-19(15-11-12-15)27-22-18(14-26-29(20)22)23(30)28(16-7-3-1-4-8-16)17-9-5-2-6-10-17/h1-14,21,27H. The van der Waals surface area contributed by atoms with Crippen LogP contribution >= 0.6 is 0 Å². The molecule has 1 amide bonds. The highest BCUT2D eigenvalue weighted by molar-refractivity contribution is 6.13. The second-order valence-corrected chi connectivity index (χ2v) is 6.83. The summed E-state index contributed by atoms with van der Waals surface area (Å²) in [7, 11) is 0. The monoisotopic (exact) mass is 402 g/mol. The molecule has 2 aliphatic rings. The summed E-state index contributed by atoms with van der Waals surface area (Å²) in [5.41, 5.74) is 2.60. The average Bonchev–Trinajstić information content (AvgIpc) is 3.53. The maximum Gasteiger partial charge on any atom is 0.280 e. The van der Waals surface area contributed by atoms with Gasteiger partial charge in [-0.2, -0.15) is 5.10 Å². The Bertz CT molecular complexity index is 1160. The predicted octanol–water partition coefficient (Wildman–Crippen LogP) is 5.22. The van der Waals surface area contributed by atoms with Gasteiger partial charge >= 0.3 is 0 Å². The molecule has 0 spiro atoms. The highest BCUT2D eigenvalue weighted by atomic mass is 19.3. The lowest BCUT2D eigenvalue weighted by Gasteiger charge is -2.25. The maximum atomic E-state index is 13.7. The van der Waals surface area contributed by atoms with Gasteiger partial charge in [-0.1, -0.05) is 48.6 Å². The van der Waals surface area contributed by atoms with E-state index in [0.717, 1.165) is 10.3 Å². The highest BCUT2D eigenvalue weighted by Crippen LogP contribution is 2.36. The Morgan fingerprint density at radius 1 is 0.967 bits per heavy atom. The molecule has 0 saturated heterocycles. The topological polar surface area (TPSA) is 50.2 Å². The molecule has 3 aromatic rings. The minimum atomic E-state index is -2.73. The lowest BCUT2D eigenvalue weighted by molar-refractivity contribution is 0.1000. The van der Waals surface area contributed by atoms with Gasteiger partial charge in [0.25, 0.3) is 12.3 Å². The molecule has 0 fully saturated rings. The van der Waals surface area contributed by atoms with Gasteiger partial charge in [-0.3, -0.25) is 9.69 Å². The second kappa shape index (κ2) is 7.11. The number of nitrogens with one attached hydrogen (secondary N) is 1. The predicted molar refractivity (Wildman–Crippen MR) is 112 cm³/mol. The summed E-state index contributed by atoms with van der Waals surface area (Å²) in [4.78, 5) is 15.2. The van der Waals surface area contributed by atoms with Crippen LogP contribution in [0.2, 0.25) is 0 Å². The van der Waals surface area contributed by atoms with Gasteiger partial charge in [0.15, 0.2) is 0 Å². The molecule has 5 rings (SSSR count). The Morgan fingerprint density at radius 2 is 1.57 bits per heavy atom. The minimum Gasteiger partial charge on any atom is -0.339 e. The zero-order chi connectivity index (χ0) is 20.7. The van der Waals surface area contributed by atoms with E-state index in [-0.39, 0.29) is 23.0 Å². The zero-order valence-corrected chi connectivity index (χ0v) is 15.7. The number of aromatic nitrogens is 2. The number of carbonyl (C=O) groups is 1. The van der Waals surface area contributed by atoms with Gasteiger partial charge in [0.05, 0.1) is 6.20 Å². The van der Waals surface area contributed by atoms with Crippen LogP contribution in [0.15, 0.2) is 96.4 Å². The molecule has 1 aliphatic heterocycles. The highest BCUT2D eigenvalue weighted by Gasteiger charge is 2.31. The largest absolute Gasteiger partial charge is 0.339 e. The van der Waals surface area contributed by atoms with Gasteiger partial charge in [-0.05, 0) is 35.9 Å². The fourth-order valence-corrected chi connectivity index (χ4v) is 3.38. The van der Waals surface area contributed by atoms with E-state index in [1.807, 2.05) is 72.8 Å². The number of para-hydroxylation sites is 2. The fourth-order valence-electron chi connectivity index (χ4n) is 3.38. The lowest BCUT2D eigenvalue weighted by Crippen LogP contribution is -2.27. The Hall–Kier alpha value is -4.00. The molecular weight excluding hydrogens is 386 g/mol. The molecule has 0 radical (unpaired) electrons. The number of hydrogen-bond acceptors (Lipinski definition) is 3. The van der Waals surface area contributed by atoms with Gasteiger partial charge in [0.1, 0.15) is 17.1 Å². The van der Waals surface area contributed by atoms with Crippen molar-refractivity contribution in [3.8, 4) is 0 Å². The Balaban J connectivity index is 1.62. The van der Waals surface area contributed by atoms with Crippen molar-refractivity contribution in [2.24, 2.45) is 0 Å². The number of allylic oxidation sites excluding steroid dienone is 5. The molecule has 1 N–H and O–H groups in total. The molecule has 7 heteroatoms. The Morgan fingerprint density at radius 3 is 2.10 bits per heavy atom. The normalized spacial score (nSPS) is 14.3. The third-order valence-corrected chi connectivity index (χ3v) is 4.89. The van der Waals surface area contributed by atoms with Crippen LogP contribution in [0.25, 0.3) is 5.70 Å². The van der Waals surface area contributed by atoms with Crippen LogP contribution in [0, 0.1) is 0 Å². The maximum absolute atomic E-state index is 13.7. The van der Waals surface area contributed by atoms with Crippen molar-refractivity contribution in [3.63, 3.8) is 0 Å². The molecule has 148 valence electrons. The van der Waals surface area contributed by atoms with Crippen molar-refractivity contribution in [1.82, 2.24) is 9.78 Å². The van der Waals surface area contributed by atoms with Crippen LogP contribution in [0.5, 0.6) is 0 Å². The van der Waals surface area contributed by atoms with Gasteiger partial charge in [-0.25, -0.2) is 13.5 Å². The first-order chi connectivity index (χ1) is 14.6. The molecule has 0 bridgehead atoms. The zero-order valence-electron chi connectivity index (χ0n) is 15.7. The Labute approximate surface area is 171 Å². The van der Waals surface area contributed by atoms with E-state index in [1.54, 1.807) is 4.90 Å². The van der Waals surface area contributed by atoms with E-state index in [1.165, 1.54) is 12.3 Å². The van der Waals surface area contributed by atoms with Gasteiger partial charge in [0.2, 0.25) is 0 Å². The molecule has 2 aromatic carbocycles. The number of carbonyl (C=O) groups excluding carboxylic acids is 1. The van der Waals surface area contributed by atoms with E-state index < -0.39 is 6.43 Å². The molecule has 30 heavy (non-hydrogen) atoms. The molecule has 0 unspecified atom stereocenters. The van der Waals surface area contributed by atoms with Crippen LogP contribution in [0.3, 0.4) is 0 Å². The molecule has 5 nitrogen and oxygen atoms in total. The van der Waals surface area contributed by atoms with E-state index in [4.69, 9.17) is 0 Å². The number of hydrogen-bond donors (Lipinski definition) is 1. The van der Waals surface area contributed by atoms with Gasteiger partial charge < -0.3 is 5.32 Å². The van der Waals surface area contributed by atoms with Crippen molar-refractivity contribution >= 4 is 28.8 Å². The summed E-state index contributed by atoms with van der Waals surface area (Å²) < 4.78 is 28.4. The summed E-state index contributed by atoms with van der Waals surface area (Å²) in [5.74, 6) is -0.143. The quantitative estimate of drug-likeness (QED) is 0.651. The molecule has 1 aliphatic carbocycles. The Kier molecular flexibility index (Phi) is 4.28.